The summed E-state index contributed by atoms with van der Waals surface area (Å²) in [7, 11) is 1.64. The highest BCUT2D eigenvalue weighted by Crippen LogP contribution is 2.28. The van der Waals surface area contributed by atoms with Crippen LogP contribution in [0.4, 0.5) is 0 Å². The zero-order valence-electron chi connectivity index (χ0n) is 13.7. The molecule has 2 aliphatic rings. The van der Waals surface area contributed by atoms with Gasteiger partial charge in [-0.2, -0.15) is 0 Å². The van der Waals surface area contributed by atoms with Crippen LogP contribution in [0.25, 0.3) is 10.9 Å². The average Bonchev–Trinajstić information content (AvgIpc) is 3.06. The predicted octanol–water partition coefficient (Wildman–Crippen LogP) is 2.14. The van der Waals surface area contributed by atoms with E-state index in [0.717, 1.165) is 41.7 Å². The fourth-order valence-corrected chi connectivity index (χ4v) is 3.26. The summed E-state index contributed by atoms with van der Waals surface area (Å²) in [4.78, 5) is 18.7. The number of methoxy groups -OCH3 is 1. The number of carbonyl (C=O) groups is 1. The van der Waals surface area contributed by atoms with E-state index < -0.39 is 0 Å². The molecule has 2 aromatic rings. The molecule has 0 saturated carbocycles. The average molecular weight is 328 g/mol. The Morgan fingerprint density at radius 2 is 2.29 bits per heavy atom. The minimum absolute atomic E-state index is 0.0222. The van der Waals surface area contributed by atoms with Gasteiger partial charge in [0, 0.05) is 24.1 Å². The quantitative estimate of drug-likeness (QED) is 0.864. The first kappa shape index (κ1) is 15.2. The number of amides is 1. The summed E-state index contributed by atoms with van der Waals surface area (Å²) >= 11 is 0. The molecule has 1 aromatic carbocycles. The number of nitrogens with zero attached hydrogens (tertiary/aromatic N) is 2. The smallest absolute Gasteiger partial charge is 0.260 e. The minimum Gasteiger partial charge on any atom is -0.497 e. The summed E-state index contributed by atoms with van der Waals surface area (Å²) in [6.45, 7) is 1.91. The zero-order valence-corrected chi connectivity index (χ0v) is 13.7. The first-order valence-electron chi connectivity index (χ1n) is 8.23. The van der Waals surface area contributed by atoms with Crippen molar-refractivity contribution in [1.29, 1.82) is 0 Å². The van der Waals surface area contributed by atoms with Gasteiger partial charge in [-0.25, -0.2) is 4.98 Å². The molecule has 1 amide bonds. The van der Waals surface area contributed by atoms with E-state index in [0.29, 0.717) is 19.0 Å². The molecule has 1 saturated heterocycles. The Labute approximate surface area is 140 Å². The van der Waals surface area contributed by atoms with Crippen molar-refractivity contribution in [1.82, 2.24) is 9.88 Å². The van der Waals surface area contributed by atoms with E-state index in [9.17, 15) is 4.79 Å². The van der Waals surface area contributed by atoms with Crippen LogP contribution in [0, 0.1) is 0 Å². The van der Waals surface area contributed by atoms with Gasteiger partial charge in [0.15, 0.2) is 6.61 Å². The number of hydrogen-bond acceptors (Lipinski definition) is 5. The normalized spacial score (nSPS) is 20.6. The van der Waals surface area contributed by atoms with E-state index in [-0.39, 0.29) is 18.6 Å². The lowest BCUT2D eigenvalue weighted by atomic mass is 10.1. The lowest BCUT2D eigenvalue weighted by Crippen LogP contribution is -2.38. The maximum absolute atomic E-state index is 12.4. The van der Waals surface area contributed by atoms with Gasteiger partial charge in [0.05, 0.1) is 25.3 Å². The second-order valence-electron chi connectivity index (χ2n) is 6.21. The third-order valence-electron chi connectivity index (χ3n) is 4.56. The predicted molar refractivity (Wildman–Crippen MR) is 88.2 cm³/mol. The second kappa shape index (κ2) is 6.28. The van der Waals surface area contributed by atoms with Crippen molar-refractivity contribution in [3.63, 3.8) is 0 Å². The maximum Gasteiger partial charge on any atom is 0.260 e. The Morgan fingerprint density at radius 1 is 1.38 bits per heavy atom. The van der Waals surface area contributed by atoms with Crippen LogP contribution in [0.1, 0.15) is 18.4 Å². The fraction of sp³-hybridized carbons (Fsp3) is 0.444. The Balaban J connectivity index is 1.65. The van der Waals surface area contributed by atoms with Gasteiger partial charge in [0.25, 0.3) is 5.91 Å². The molecule has 4 rings (SSSR count). The minimum atomic E-state index is -0.0230. The van der Waals surface area contributed by atoms with Crippen LogP contribution >= 0.6 is 0 Å². The molecule has 0 bridgehead atoms. The molecule has 0 aliphatic carbocycles. The number of aromatic nitrogens is 1. The Bertz CT molecular complexity index is 771. The lowest BCUT2D eigenvalue weighted by Gasteiger charge is -2.23. The van der Waals surface area contributed by atoms with Crippen molar-refractivity contribution in [2.45, 2.75) is 25.5 Å². The standard InChI is InChI=1S/C18H20N2O4/c1-22-14-4-5-16-12(8-14)7-13-9-20(10-15-3-2-6-23-15)17(21)11-24-18(13)19-16/h4-5,7-8,15H,2-3,6,9-11H2,1H3/t15-/m0/s1. The number of rotatable bonds is 3. The monoisotopic (exact) mass is 328 g/mol. The van der Waals surface area contributed by atoms with E-state index in [1.54, 1.807) is 7.11 Å². The molecule has 6 heteroatoms. The Hall–Kier alpha value is -2.34. The third kappa shape index (κ3) is 2.89. The number of carbonyl (C=O) groups excluding carboxylic acids is 1. The van der Waals surface area contributed by atoms with E-state index in [2.05, 4.69) is 4.98 Å². The topological polar surface area (TPSA) is 60.9 Å². The summed E-state index contributed by atoms with van der Waals surface area (Å²) < 4.78 is 16.6. The van der Waals surface area contributed by atoms with Crippen molar-refractivity contribution in [2.75, 3.05) is 26.9 Å². The van der Waals surface area contributed by atoms with Crippen LogP contribution in [0.5, 0.6) is 11.6 Å². The largest absolute Gasteiger partial charge is 0.497 e. The lowest BCUT2D eigenvalue weighted by molar-refractivity contribution is -0.134. The second-order valence-corrected chi connectivity index (χ2v) is 6.21. The Morgan fingerprint density at radius 3 is 3.08 bits per heavy atom. The van der Waals surface area contributed by atoms with Gasteiger partial charge in [0.2, 0.25) is 5.88 Å². The molecule has 0 spiro atoms. The molecule has 1 fully saturated rings. The van der Waals surface area contributed by atoms with Crippen molar-refractivity contribution in [3.8, 4) is 11.6 Å². The number of ether oxygens (including phenoxy) is 3. The highest BCUT2D eigenvalue weighted by molar-refractivity contribution is 5.83. The molecule has 2 aliphatic heterocycles. The molecule has 0 unspecified atom stereocenters. The highest BCUT2D eigenvalue weighted by atomic mass is 16.5. The SMILES string of the molecule is COc1ccc2nc3c(cc2c1)CN(C[C@@H]1CCCO1)C(=O)CO3. The van der Waals surface area contributed by atoms with Gasteiger partial charge in [-0.15, -0.1) is 0 Å². The molecular formula is C18H20N2O4. The summed E-state index contributed by atoms with van der Waals surface area (Å²) in [5.41, 5.74) is 1.74. The summed E-state index contributed by atoms with van der Waals surface area (Å²) in [6, 6.07) is 7.74. The molecule has 0 radical (unpaired) electrons. The van der Waals surface area contributed by atoms with Crippen LogP contribution in [0.2, 0.25) is 0 Å². The van der Waals surface area contributed by atoms with Gasteiger partial charge in [0.1, 0.15) is 5.75 Å². The molecule has 1 aromatic heterocycles. The van der Waals surface area contributed by atoms with Crippen LogP contribution < -0.4 is 9.47 Å². The van der Waals surface area contributed by atoms with Crippen LogP contribution in [0.15, 0.2) is 24.3 Å². The molecular weight excluding hydrogens is 308 g/mol. The fourth-order valence-electron chi connectivity index (χ4n) is 3.26. The first-order valence-corrected chi connectivity index (χ1v) is 8.23. The van der Waals surface area contributed by atoms with Crippen molar-refractivity contribution < 1.29 is 19.0 Å². The number of fused-ring (bicyclic) bond motifs is 2. The number of pyridine rings is 1. The van der Waals surface area contributed by atoms with Gasteiger partial charge in [-0.1, -0.05) is 0 Å². The third-order valence-corrected chi connectivity index (χ3v) is 4.56. The van der Waals surface area contributed by atoms with E-state index in [4.69, 9.17) is 14.2 Å². The van der Waals surface area contributed by atoms with Gasteiger partial charge in [-0.05, 0) is 37.1 Å². The molecule has 1 atom stereocenters. The molecule has 3 heterocycles. The summed E-state index contributed by atoms with van der Waals surface area (Å²) in [6.07, 6.45) is 2.19. The highest BCUT2D eigenvalue weighted by Gasteiger charge is 2.27. The van der Waals surface area contributed by atoms with Crippen molar-refractivity contribution >= 4 is 16.8 Å². The van der Waals surface area contributed by atoms with Crippen LogP contribution in [-0.4, -0.2) is 48.8 Å². The molecule has 24 heavy (non-hydrogen) atoms. The molecule has 126 valence electrons. The summed E-state index contributed by atoms with van der Waals surface area (Å²) in [5, 5.41) is 0.975. The van der Waals surface area contributed by atoms with E-state index >= 15 is 0 Å². The van der Waals surface area contributed by atoms with Gasteiger partial charge < -0.3 is 19.1 Å². The van der Waals surface area contributed by atoms with E-state index in [1.807, 2.05) is 29.2 Å². The van der Waals surface area contributed by atoms with Crippen molar-refractivity contribution in [2.24, 2.45) is 0 Å². The number of benzene rings is 1. The Kier molecular flexibility index (Phi) is 3.98. The molecule has 6 nitrogen and oxygen atoms in total. The zero-order chi connectivity index (χ0) is 16.5. The van der Waals surface area contributed by atoms with Gasteiger partial charge in [-0.3, -0.25) is 4.79 Å². The maximum atomic E-state index is 12.4. The summed E-state index contributed by atoms with van der Waals surface area (Å²) in [5.74, 6) is 1.30. The number of hydrogen-bond donors (Lipinski definition) is 0. The first-order chi connectivity index (χ1) is 11.7. The van der Waals surface area contributed by atoms with E-state index in [1.165, 1.54) is 0 Å². The van der Waals surface area contributed by atoms with Crippen LogP contribution in [0.3, 0.4) is 0 Å². The van der Waals surface area contributed by atoms with Crippen LogP contribution in [-0.2, 0) is 16.1 Å². The van der Waals surface area contributed by atoms with Crippen molar-refractivity contribution in [3.05, 3.63) is 29.8 Å². The molecule has 0 N–H and O–H groups in total. The van der Waals surface area contributed by atoms with Gasteiger partial charge >= 0.3 is 0 Å².